The normalized spacial score (nSPS) is 9.60. The largest absolute Gasteiger partial charge is 0.187 e. The van der Waals surface area contributed by atoms with Crippen LogP contribution in [0.2, 0.25) is 0 Å². The van der Waals surface area contributed by atoms with Crippen molar-refractivity contribution in [3.8, 4) is 0 Å². The second kappa shape index (κ2) is 2.71. The maximum Gasteiger partial charge on any atom is 0.0882 e. The molecule has 0 aliphatic heterocycles. The van der Waals surface area contributed by atoms with Gasteiger partial charge < -0.3 is 0 Å². The van der Waals surface area contributed by atoms with Gasteiger partial charge in [0.15, 0.2) is 0 Å². The molecule has 0 spiro atoms. The van der Waals surface area contributed by atoms with Gasteiger partial charge in [0.1, 0.15) is 0 Å². The molecular formula is HClFNOS. The molecule has 0 aromatic rings. The fourth-order valence-electron chi connectivity index (χ4n) is 0. The van der Waals surface area contributed by atoms with Crippen LogP contribution in [0, 0.1) is 0 Å². The van der Waals surface area contributed by atoms with Crippen molar-refractivity contribution in [3.05, 3.63) is 0 Å². The second-order valence-electron chi connectivity index (χ2n) is 0.284. The lowest BCUT2D eigenvalue weighted by Gasteiger charge is -1.87. The molecule has 0 atom stereocenters. The Labute approximate surface area is 39.1 Å². The first-order chi connectivity index (χ1) is 2.27. The highest BCUT2D eigenvalue weighted by Gasteiger charge is 1.84. The Hall–Kier alpha value is 0.490. The number of thiol groups is 1. The van der Waals surface area contributed by atoms with Gasteiger partial charge in [-0.05, 0) is 0 Å². The molecule has 0 rings (SSSR count). The molecule has 0 aromatic heterocycles. The van der Waals surface area contributed by atoms with Gasteiger partial charge in [-0.1, -0.05) is 4.48 Å². The van der Waals surface area contributed by atoms with Crippen molar-refractivity contribution in [3.63, 3.8) is 0 Å². The zero-order valence-electron chi connectivity index (χ0n) is 2.06. The average molecular weight is 118 g/mol. The van der Waals surface area contributed by atoms with Gasteiger partial charge in [-0.3, -0.25) is 0 Å². The Morgan fingerprint density at radius 2 is 2.20 bits per heavy atom. The van der Waals surface area contributed by atoms with Crippen molar-refractivity contribution in [1.82, 2.24) is 4.80 Å². The van der Waals surface area contributed by atoms with E-state index in [2.05, 4.69) is 29.0 Å². The van der Waals surface area contributed by atoms with E-state index in [-0.39, 0.29) is 0 Å². The smallest absolute Gasteiger partial charge is 0.0882 e. The fourth-order valence-corrected chi connectivity index (χ4v) is 0. The van der Waals surface area contributed by atoms with Crippen molar-refractivity contribution in [2.24, 2.45) is 0 Å². The first kappa shape index (κ1) is 5.49. The van der Waals surface area contributed by atoms with Crippen LogP contribution in [0.25, 0.3) is 0 Å². The Morgan fingerprint density at radius 3 is 2.20 bits per heavy atom. The summed E-state index contributed by atoms with van der Waals surface area (Å²) in [4.78, 5) is -0.539. The standard InChI is InChI=1S/ClFHNOS/c1-3(2)4-5/h5H. The maximum absolute atomic E-state index is 10.7. The monoisotopic (exact) mass is 117 g/mol. The molecule has 0 radical (unpaired) electrons. The third-order valence-electron chi connectivity index (χ3n) is 0.0617. The first-order valence-corrected chi connectivity index (χ1v) is 1.41. The highest BCUT2D eigenvalue weighted by molar-refractivity contribution is 7.75. The summed E-state index contributed by atoms with van der Waals surface area (Å²) in [5.41, 5.74) is 0. The first-order valence-electron chi connectivity index (χ1n) is 0.703. The minimum Gasteiger partial charge on any atom is -0.187 e. The Balaban J connectivity index is 2.54. The van der Waals surface area contributed by atoms with Crippen LogP contribution in [0.5, 0.6) is 0 Å². The summed E-state index contributed by atoms with van der Waals surface area (Å²) >= 11 is 7.26. The lowest BCUT2D eigenvalue weighted by molar-refractivity contribution is -0.101. The quantitative estimate of drug-likeness (QED) is 0.239. The van der Waals surface area contributed by atoms with Gasteiger partial charge in [-0.2, -0.15) is 4.28 Å². The van der Waals surface area contributed by atoms with E-state index in [1.807, 2.05) is 0 Å². The van der Waals surface area contributed by atoms with E-state index in [9.17, 15) is 4.48 Å². The lowest BCUT2D eigenvalue weighted by Crippen LogP contribution is -1.86. The van der Waals surface area contributed by atoms with Crippen molar-refractivity contribution in [1.29, 1.82) is 0 Å². The molecule has 0 unspecified atom stereocenters. The van der Waals surface area contributed by atoms with Gasteiger partial charge in [0, 0.05) is 24.7 Å². The molecular weight excluding hydrogens is 117 g/mol. The average Bonchev–Trinajstić information content (AvgIpc) is 1.38. The van der Waals surface area contributed by atoms with Crippen molar-refractivity contribution in [2.75, 3.05) is 0 Å². The van der Waals surface area contributed by atoms with Gasteiger partial charge >= 0.3 is 0 Å². The third-order valence-corrected chi connectivity index (χ3v) is 0.370. The Bertz CT molecular complexity index is 25.6. The molecule has 0 aromatic carbocycles. The van der Waals surface area contributed by atoms with Crippen LogP contribution in [0.15, 0.2) is 0 Å². The highest BCUT2D eigenvalue weighted by atomic mass is 35.5. The van der Waals surface area contributed by atoms with Crippen molar-refractivity contribution < 1.29 is 8.77 Å². The van der Waals surface area contributed by atoms with Gasteiger partial charge in [-0.25, -0.2) is 0 Å². The summed E-state index contributed by atoms with van der Waals surface area (Å²) < 4.78 is 14.1. The molecule has 0 saturated heterocycles. The van der Waals surface area contributed by atoms with Gasteiger partial charge in [0.25, 0.3) is 0 Å². The number of hydrogen-bond acceptors (Lipinski definition) is 3. The fraction of sp³-hybridized carbons (Fsp3) is 0. The molecule has 32 valence electrons. The molecule has 0 amide bonds. The summed E-state index contributed by atoms with van der Waals surface area (Å²) in [5.74, 6) is 0. The van der Waals surface area contributed by atoms with Crippen molar-refractivity contribution >= 4 is 24.7 Å². The van der Waals surface area contributed by atoms with E-state index < -0.39 is 4.80 Å². The van der Waals surface area contributed by atoms with E-state index >= 15 is 0 Å². The molecule has 0 fully saturated rings. The van der Waals surface area contributed by atoms with E-state index in [0.29, 0.717) is 0 Å². The van der Waals surface area contributed by atoms with Crippen LogP contribution < -0.4 is 0 Å². The Morgan fingerprint density at radius 1 is 2.00 bits per heavy atom. The van der Waals surface area contributed by atoms with E-state index in [1.165, 1.54) is 0 Å². The van der Waals surface area contributed by atoms with Gasteiger partial charge in [0.05, 0.1) is 4.80 Å². The van der Waals surface area contributed by atoms with Gasteiger partial charge in [0.2, 0.25) is 0 Å². The zero-order valence-corrected chi connectivity index (χ0v) is 3.71. The number of rotatable bonds is 1. The summed E-state index contributed by atoms with van der Waals surface area (Å²) in [6.07, 6.45) is 0. The van der Waals surface area contributed by atoms with E-state index in [1.54, 1.807) is 0 Å². The molecule has 0 N–H and O–H groups in total. The number of halogens is 2. The number of nitrogens with zero attached hydrogens (tertiary/aromatic N) is 1. The molecule has 0 saturated carbocycles. The van der Waals surface area contributed by atoms with Crippen LogP contribution in [0.4, 0.5) is 4.48 Å². The van der Waals surface area contributed by atoms with E-state index in [4.69, 9.17) is 0 Å². The molecule has 0 aliphatic rings. The summed E-state index contributed by atoms with van der Waals surface area (Å²) in [5, 5.41) is 0. The predicted octanol–water partition coefficient (Wildman–Crippen LogP) is 1.10. The van der Waals surface area contributed by atoms with Crippen LogP contribution >= 0.6 is 24.7 Å². The number of hydrogen-bond donors (Lipinski definition) is 1. The molecule has 0 bridgehead atoms. The highest BCUT2D eigenvalue weighted by Crippen LogP contribution is 1.95. The van der Waals surface area contributed by atoms with Gasteiger partial charge in [-0.15, -0.1) is 0 Å². The van der Waals surface area contributed by atoms with Crippen LogP contribution in [-0.2, 0) is 4.28 Å². The minimum absolute atomic E-state index is 0.539. The summed E-state index contributed by atoms with van der Waals surface area (Å²) in [6, 6.07) is 0. The molecule has 2 nitrogen and oxygen atoms in total. The zero-order chi connectivity index (χ0) is 4.28. The molecule has 5 heteroatoms. The summed E-state index contributed by atoms with van der Waals surface area (Å²) in [7, 11) is 0. The Kier molecular flexibility index (Phi) is 2.98. The van der Waals surface area contributed by atoms with Crippen LogP contribution in [0.3, 0.4) is 0 Å². The molecule has 0 aliphatic carbocycles. The van der Waals surface area contributed by atoms with E-state index in [0.717, 1.165) is 0 Å². The lowest BCUT2D eigenvalue weighted by atomic mass is 13.4. The van der Waals surface area contributed by atoms with Crippen molar-refractivity contribution in [2.45, 2.75) is 0 Å². The van der Waals surface area contributed by atoms with Crippen LogP contribution in [-0.4, -0.2) is 4.80 Å². The summed E-state index contributed by atoms with van der Waals surface area (Å²) in [6.45, 7) is 0. The minimum atomic E-state index is -0.539. The SMILES string of the molecule is FN(Cl)OS. The second-order valence-corrected chi connectivity index (χ2v) is 0.713. The maximum atomic E-state index is 10.7. The topological polar surface area (TPSA) is 12.5 Å². The third kappa shape index (κ3) is 4.49. The molecule has 0 heterocycles. The van der Waals surface area contributed by atoms with Crippen LogP contribution in [0.1, 0.15) is 0 Å². The molecule has 5 heavy (non-hydrogen) atoms. The predicted molar refractivity (Wildman–Crippen MR) is 18.9 cm³/mol.